The van der Waals surface area contributed by atoms with E-state index in [-0.39, 0.29) is 17.4 Å². The molecule has 1 aromatic carbocycles. The Labute approximate surface area is 172 Å². The fourth-order valence-electron chi connectivity index (χ4n) is 4.14. The second-order valence-electron chi connectivity index (χ2n) is 7.54. The number of benzene rings is 1. The molecule has 1 fully saturated rings. The van der Waals surface area contributed by atoms with Crippen molar-refractivity contribution in [3.63, 3.8) is 0 Å². The molecule has 29 heavy (non-hydrogen) atoms. The van der Waals surface area contributed by atoms with Crippen LogP contribution in [0.25, 0.3) is 0 Å². The summed E-state index contributed by atoms with van der Waals surface area (Å²) in [4.78, 5) is 15.8. The van der Waals surface area contributed by atoms with Gasteiger partial charge in [0.15, 0.2) is 0 Å². The fourth-order valence-corrected chi connectivity index (χ4v) is 4.14. The Kier molecular flexibility index (Phi) is 7.34. The summed E-state index contributed by atoms with van der Waals surface area (Å²) in [5, 5.41) is 10.8. The van der Waals surface area contributed by atoms with Crippen molar-refractivity contribution in [2.45, 2.75) is 45.7 Å². The third-order valence-corrected chi connectivity index (χ3v) is 5.58. The van der Waals surface area contributed by atoms with Crippen LogP contribution in [0.15, 0.2) is 35.1 Å². The molecule has 1 saturated heterocycles. The lowest BCUT2D eigenvalue weighted by atomic mass is 9.94. The Morgan fingerprint density at radius 2 is 1.83 bits per heavy atom. The Hall–Kier alpha value is -2.31. The smallest absolute Gasteiger partial charge is 0.259 e. The van der Waals surface area contributed by atoms with E-state index in [1.807, 2.05) is 38.1 Å². The summed E-state index contributed by atoms with van der Waals surface area (Å²) < 4.78 is 12.5. The van der Waals surface area contributed by atoms with Gasteiger partial charge in [0.25, 0.3) is 5.56 Å². The van der Waals surface area contributed by atoms with E-state index in [0.717, 1.165) is 42.9 Å². The first-order valence-corrected chi connectivity index (χ1v) is 10.5. The topological polar surface area (TPSA) is 63.9 Å². The van der Waals surface area contributed by atoms with Crippen LogP contribution >= 0.6 is 0 Å². The molecule has 1 aromatic heterocycles. The molecule has 0 bridgehead atoms. The maximum absolute atomic E-state index is 13.4. The predicted octanol–water partition coefficient (Wildman–Crippen LogP) is 3.48. The number of ether oxygens (including phenoxy) is 2. The summed E-state index contributed by atoms with van der Waals surface area (Å²) >= 11 is 0. The van der Waals surface area contributed by atoms with E-state index in [1.54, 1.807) is 17.7 Å². The highest BCUT2D eigenvalue weighted by atomic mass is 16.5. The van der Waals surface area contributed by atoms with Crippen molar-refractivity contribution < 1.29 is 14.6 Å². The zero-order valence-corrected chi connectivity index (χ0v) is 17.7. The average molecular weight is 401 g/mol. The average Bonchev–Trinajstić information content (AvgIpc) is 2.72. The van der Waals surface area contributed by atoms with E-state index in [2.05, 4.69) is 4.90 Å². The SMILES string of the molecule is CCOc1ccc([C@H](c2c(O)cc(C)n(CCOC)c2=O)N2CCCCC2)cc1. The molecule has 0 spiro atoms. The normalized spacial score (nSPS) is 16.0. The Balaban J connectivity index is 2.09. The van der Waals surface area contributed by atoms with E-state index in [4.69, 9.17) is 9.47 Å². The molecule has 6 heteroatoms. The highest BCUT2D eigenvalue weighted by Gasteiger charge is 2.30. The third-order valence-electron chi connectivity index (χ3n) is 5.58. The molecule has 0 saturated carbocycles. The van der Waals surface area contributed by atoms with E-state index < -0.39 is 0 Å². The van der Waals surface area contributed by atoms with Crippen molar-refractivity contribution in [3.8, 4) is 11.5 Å². The van der Waals surface area contributed by atoms with Gasteiger partial charge in [0.1, 0.15) is 11.5 Å². The van der Waals surface area contributed by atoms with Crippen LogP contribution in [-0.4, -0.2) is 48.0 Å². The van der Waals surface area contributed by atoms with Crippen molar-refractivity contribution in [1.29, 1.82) is 0 Å². The first-order chi connectivity index (χ1) is 14.1. The molecule has 1 atom stereocenters. The van der Waals surface area contributed by atoms with Crippen molar-refractivity contribution in [3.05, 3.63) is 57.5 Å². The van der Waals surface area contributed by atoms with Gasteiger partial charge in [-0.05, 0) is 63.5 Å². The van der Waals surface area contributed by atoms with Gasteiger partial charge in [0.05, 0.1) is 24.8 Å². The minimum absolute atomic E-state index is 0.0608. The van der Waals surface area contributed by atoms with Crippen LogP contribution in [0.3, 0.4) is 0 Å². The zero-order valence-electron chi connectivity index (χ0n) is 17.7. The lowest BCUT2D eigenvalue weighted by molar-refractivity contribution is 0.178. The van der Waals surface area contributed by atoms with Crippen LogP contribution in [-0.2, 0) is 11.3 Å². The van der Waals surface area contributed by atoms with Crippen LogP contribution in [0.2, 0.25) is 0 Å². The Morgan fingerprint density at radius 1 is 1.14 bits per heavy atom. The molecular formula is C23H32N2O4. The molecule has 1 aliphatic heterocycles. The zero-order chi connectivity index (χ0) is 20.8. The highest BCUT2D eigenvalue weighted by molar-refractivity contribution is 5.42. The van der Waals surface area contributed by atoms with Gasteiger partial charge in [-0.3, -0.25) is 9.69 Å². The van der Waals surface area contributed by atoms with Crippen LogP contribution in [0.5, 0.6) is 11.5 Å². The standard InChI is InChI=1S/C23H32N2O4/c1-4-29-19-10-8-18(9-11-19)22(24-12-6-5-7-13-24)21-20(26)16-17(2)25(23(21)27)14-15-28-3/h8-11,16,22,26H,4-7,12-15H2,1-3H3/t22-/m1/s1. The van der Waals surface area contributed by atoms with Crippen molar-refractivity contribution in [2.24, 2.45) is 0 Å². The van der Waals surface area contributed by atoms with Crippen LogP contribution in [0.4, 0.5) is 0 Å². The third kappa shape index (κ3) is 4.82. The van der Waals surface area contributed by atoms with Gasteiger partial charge in [0, 0.05) is 19.3 Å². The van der Waals surface area contributed by atoms with E-state index in [1.165, 1.54) is 6.42 Å². The molecule has 2 heterocycles. The summed E-state index contributed by atoms with van der Waals surface area (Å²) in [5.41, 5.74) is 2.02. The Bertz CT molecular complexity index is 854. The van der Waals surface area contributed by atoms with Gasteiger partial charge in [0.2, 0.25) is 0 Å². The predicted molar refractivity (Wildman–Crippen MR) is 114 cm³/mol. The number of aromatic hydroxyl groups is 1. The van der Waals surface area contributed by atoms with E-state index in [0.29, 0.717) is 25.3 Å². The number of piperidine rings is 1. The number of aryl methyl sites for hydroxylation is 1. The van der Waals surface area contributed by atoms with Crippen LogP contribution < -0.4 is 10.3 Å². The van der Waals surface area contributed by atoms with Gasteiger partial charge in [-0.2, -0.15) is 0 Å². The molecule has 0 unspecified atom stereocenters. The number of likely N-dealkylation sites (tertiary alicyclic amines) is 1. The first kappa shape index (κ1) is 21.4. The molecule has 6 nitrogen and oxygen atoms in total. The molecule has 3 rings (SSSR count). The van der Waals surface area contributed by atoms with Gasteiger partial charge in [-0.25, -0.2) is 0 Å². The first-order valence-electron chi connectivity index (χ1n) is 10.5. The molecular weight excluding hydrogens is 368 g/mol. The largest absolute Gasteiger partial charge is 0.507 e. The number of nitrogens with zero attached hydrogens (tertiary/aromatic N) is 2. The lowest BCUT2D eigenvalue weighted by Crippen LogP contribution is -2.39. The summed E-state index contributed by atoms with van der Waals surface area (Å²) in [6.07, 6.45) is 3.39. The van der Waals surface area contributed by atoms with Crippen molar-refractivity contribution >= 4 is 0 Å². The second-order valence-corrected chi connectivity index (χ2v) is 7.54. The summed E-state index contributed by atoms with van der Waals surface area (Å²) in [5.74, 6) is 0.866. The molecule has 2 aromatic rings. The molecule has 0 aliphatic carbocycles. The maximum atomic E-state index is 13.4. The van der Waals surface area contributed by atoms with E-state index in [9.17, 15) is 9.90 Å². The fraction of sp³-hybridized carbons (Fsp3) is 0.522. The highest BCUT2D eigenvalue weighted by Crippen LogP contribution is 2.35. The quantitative estimate of drug-likeness (QED) is 0.735. The van der Waals surface area contributed by atoms with E-state index >= 15 is 0 Å². The monoisotopic (exact) mass is 400 g/mol. The van der Waals surface area contributed by atoms with Gasteiger partial charge >= 0.3 is 0 Å². The second kappa shape index (κ2) is 9.94. The summed E-state index contributed by atoms with van der Waals surface area (Å²) in [7, 11) is 1.62. The molecule has 1 aliphatic rings. The number of hydrogen-bond acceptors (Lipinski definition) is 5. The maximum Gasteiger partial charge on any atom is 0.259 e. The minimum Gasteiger partial charge on any atom is -0.507 e. The molecule has 0 radical (unpaired) electrons. The van der Waals surface area contributed by atoms with Gasteiger partial charge in [-0.15, -0.1) is 0 Å². The van der Waals surface area contributed by atoms with Gasteiger partial charge < -0.3 is 19.1 Å². The molecule has 158 valence electrons. The van der Waals surface area contributed by atoms with Crippen molar-refractivity contribution in [2.75, 3.05) is 33.4 Å². The summed E-state index contributed by atoms with van der Waals surface area (Å²) in [6.45, 7) is 7.13. The summed E-state index contributed by atoms with van der Waals surface area (Å²) in [6, 6.07) is 9.28. The number of rotatable bonds is 8. The van der Waals surface area contributed by atoms with Crippen LogP contribution in [0, 0.1) is 6.92 Å². The number of methoxy groups -OCH3 is 1. The Morgan fingerprint density at radius 3 is 2.45 bits per heavy atom. The van der Waals surface area contributed by atoms with Crippen molar-refractivity contribution in [1.82, 2.24) is 9.47 Å². The van der Waals surface area contributed by atoms with Crippen LogP contribution in [0.1, 0.15) is 49.0 Å². The minimum atomic E-state index is -0.284. The van der Waals surface area contributed by atoms with Gasteiger partial charge in [-0.1, -0.05) is 18.6 Å². The lowest BCUT2D eigenvalue weighted by Gasteiger charge is -2.35. The molecule has 1 N–H and O–H groups in total. The molecule has 0 amide bonds. The number of aromatic nitrogens is 1. The number of pyridine rings is 1. The number of hydrogen-bond donors (Lipinski definition) is 1.